The van der Waals surface area contributed by atoms with Crippen LogP contribution in [0, 0.1) is 5.92 Å². The predicted molar refractivity (Wildman–Crippen MR) is 131 cm³/mol. The standard InChI is InChI=1S/C23H29F3N4O3S2/c1-12(17-13(2)30-18(34-17)19(30)35-22(3,4)20(31)32)9-27-21-28-10-15(11-29-21)14-5-7-16(8-6-14)33-23(24,25)26/h5,7-8,10-12,14,18-20,31-32H,6,9H2,1-4H3,(H,27,28,29)/t12-,14+,18-,19?,30?/m1/s1. The van der Waals surface area contributed by atoms with E-state index in [1.165, 1.54) is 22.8 Å². The van der Waals surface area contributed by atoms with Crippen LogP contribution >= 0.6 is 23.5 Å². The minimum Gasteiger partial charge on any atom is -0.406 e. The van der Waals surface area contributed by atoms with Crippen LogP contribution in [-0.2, 0) is 4.74 Å². The number of aliphatic hydroxyl groups is 2. The number of aromatic nitrogens is 2. The number of hydrogen-bond acceptors (Lipinski definition) is 9. The summed E-state index contributed by atoms with van der Waals surface area (Å²) in [4.78, 5) is 12.4. The van der Waals surface area contributed by atoms with Crippen LogP contribution in [0.5, 0.6) is 0 Å². The average Bonchev–Trinajstić information content (AvgIpc) is 3.32. The van der Waals surface area contributed by atoms with Crippen molar-refractivity contribution in [1.29, 1.82) is 0 Å². The monoisotopic (exact) mass is 530 g/mol. The number of ether oxygens (including phenoxy) is 1. The molecule has 4 rings (SSSR count). The maximum Gasteiger partial charge on any atom is 0.573 e. The number of allylic oxidation sites excluding steroid dienone is 4. The second-order valence-corrected chi connectivity index (χ2v) is 12.3. The summed E-state index contributed by atoms with van der Waals surface area (Å²) >= 11 is 3.40. The summed E-state index contributed by atoms with van der Waals surface area (Å²) in [5, 5.41) is 23.0. The molecule has 4 atom stereocenters. The van der Waals surface area contributed by atoms with Crippen molar-refractivity contribution in [3.63, 3.8) is 0 Å². The van der Waals surface area contributed by atoms with E-state index in [2.05, 4.69) is 38.8 Å². The first kappa shape index (κ1) is 26.2. The number of nitrogens with zero attached hydrogens (tertiary/aromatic N) is 3. The van der Waals surface area contributed by atoms with Gasteiger partial charge in [-0.05, 0) is 44.9 Å². The summed E-state index contributed by atoms with van der Waals surface area (Å²) in [5.74, 6) is 0.437. The molecule has 1 aliphatic carbocycles. The molecule has 0 radical (unpaired) electrons. The fraction of sp³-hybridized carbons (Fsp3) is 0.565. The lowest BCUT2D eigenvalue weighted by Crippen LogP contribution is -2.33. The molecular formula is C23H29F3N4O3S2. The molecule has 1 fully saturated rings. The first-order valence-electron chi connectivity index (χ1n) is 11.3. The summed E-state index contributed by atoms with van der Waals surface area (Å²) in [6, 6.07) is 0. The summed E-state index contributed by atoms with van der Waals surface area (Å²) in [6.07, 6.45) is 2.09. The molecule has 2 aliphatic heterocycles. The third kappa shape index (κ3) is 6.10. The number of aliphatic hydroxyl groups excluding tert-OH is 1. The van der Waals surface area contributed by atoms with Crippen molar-refractivity contribution in [3.8, 4) is 0 Å². The van der Waals surface area contributed by atoms with Crippen LogP contribution < -0.4 is 5.32 Å². The normalized spacial score (nSPS) is 25.0. The largest absolute Gasteiger partial charge is 0.573 e. The summed E-state index contributed by atoms with van der Waals surface area (Å²) in [7, 11) is 0. The Labute approximate surface area is 210 Å². The van der Waals surface area contributed by atoms with E-state index < -0.39 is 17.4 Å². The number of rotatable bonds is 9. The first-order chi connectivity index (χ1) is 16.4. The fourth-order valence-electron chi connectivity index (χ4n) is 4.00. The molecule has 7 nitrogen and oxygen atoms in total. The van der Waals surface area contributed by atoms with Crippen molar-refractivity contribution in [1.82, 2.24) is 14.9 Å². The molecule has 0 aromatic carbocycles. The molecule has 192 valence electrons. The van der Waals surface area contributed by atoms with Crippen LogP contribution in [0.4, 0.5) is 19.1 Å². The van der Waals surface area contributed by atoms with Gasteiger partial charge in [-0.25, -0.2) is 9.97 Å². The number of anilines is 1. The lowest BCUT2D eigenvalue weighted by molar-refractivity contribution is -0.303. The quantitative estimate of drug-likeness (QED) is 0.309. The highest BCUT2D eigenvalue weighted by atomic mass is 32.2. The van der Waals surface area contributed by atoms with Crippen LogP contribution in [0.25, 0.3) is 0 Å². The van der Waals surface area contributed by atoms with Crippen molar-refractivity contribution in [3.05, 3.63) is 52.5 Å². The maximum atomic E-state index is 12.3. The van der Waals surface area contributed by atoms with E-state index in [1.807, 2.05) is 25.6 Å². The van der Waals surface area contributed by atoms with Gasteiger partial charge in [0.05, 0.1) is 4.75 Å². The highest BCUT2D eigenvalue weighted by Gasteiger charge is 2.57. The summed E-state index contributed by atoms with van der Waals surface area (Å²) < 4.78 is 40.3. The van der Waals surface area contributed by atoms with Crippen LogP contribution in [0.1, 0.15) is 45.6 Å². The van der Waals surface area contributed by atoms with Crippen molar-refractivity contribution in [2.45, 2.75) is 68.2 Å². The number of nitrogens with one attached hydrogen (secondary N) is 1. The molecule has 35 heavy (non-hydrogen) atoms. The second kappa shape index (κ2) is 9.87. The van der Waals surface area contributed by atoms with E-state index in [4.69, 9.17) is 0 Å². The van der Waals surface area contributed by atoms with Gasteiger partial charge in [0, 0.05) is 41.4 Å². The third-order valence-corrected chi connectivity index (χ3v) is 9.55. The lowest BCUT2D eigenvalue weighted by atomic mass is 9.94. The van der Waals surface area contributed by atoms with Gasteiger partial charge in [-0.15, -0.1) is 36.7 Å². The van der Waals surface area contributed by atoms with Gasteiger partial charge in [0.1, 0.15) is 16.5 Å². The van der Waals surface area contributed by atoms with E-state index in [-0.39, 0.29) is 23.0 Å². The van der Waals surface area contributed by atoms with E-state index >= 15 is 0 Å². The van der Waals surface area contributed by atoms with Gasteiger partial charge in [0.2, 0.25) is 5.95 Å². The molecule has 1 unspecified atom stereocenters. The summed E-state index contributed by atoms with van der Waals surface area (Å²) in [6.45, 7) is 8.57. The average molecular weight is 531 g/mol. The highest BCUT2D eigenvalue weighted by molar-refractivity contribution is 8.07. The van der Waals surface area contributed by atoms with Crippen LogP contribution in [-0.4, -0.2) is 59.8 Å². The molecule has 1 aromatic heterocycles. The number of halogens is 3. The van der Waals surface area contributed by atoms with E-state index in [9.17, 15) is 23.4 Å². The summed E-state index contributed by atoms with van der Waals surface area (Å²) in [5.41, 5.74) is 2.04. The lowest BCUT2D eigenvalue weighted by Gasteiger charge is -2.26. The Morgan fingerprint density at radius 2 is 1.97 bits per heavy atom. The topological polar surface area (TPSA) is 90.5 Å². The van der Waals surface area contributed by atoms with Crippen molar-refractivity contribution < 1.29 is 28.1 Å². The Balaban J connectivity index is 1.27. The van der Waals surface area contributed by atoms with Crippen molar-refractivity contribution in [2.24, 2.45) is 5.92 Å². The van der Waals surface area contributed by atoms with Gasteiger partial charge in [0.25, 0.3) is 0 Å². The molecule has 3 heterocycles. The molecule has 1 aromatic rings. The minimum absolute atomic E-state index is 0.102. The zero-order valence-electron chi connectivity index (χ0n) is 19.8. The zero-order chi connectivity index (χ0) is 25.5. The SMILES string of the molecule is CC1=C([C@H](C)CNc2ncc([C@H]3C=CC(OC(F)(F)F)=CC3)cn2)S[C@@H]2C(SC(C)(C)C(O)O)N12. The molecule has 1 saturated heterocycles. The minimum atomic E-state index is -4.69. The first-order valence-corrected chi connectivity index (χ1v) is 13.0. The van der Waals surface area contributed by atoms with Gasteiger partial charge in [-0.3, -0.25) is 0 Å². The van der Waals surface area contributed by atoms with Gasteiger partial charge in [-0.2, -0.15) is 0 Å². The molecule has 0 spiro atoms. The van der Waals surface area contributed by atoms with Gasteiger partial charge in [-0.1, -0.05) is 13.0 Å². The van der Waals surface area contributed by atoms with Crippen LogP contribution in [0.2, 0.25) is 0 Å². The number of alkyl halides is 3. The van der Waals surface area contributed by atoms with Crippen LogP contribution in [0.3, 0.4) is 0 Å². The number of thioether (sulfide) groups is 2. The van der Waals surface area contributed by atoms with E-state index in [0.717, 1.165) is 5.56 Å². The van der Waals surface area contributed by atoms with Gasteiger partial charge in [0.15, 0.2) is 6.29 Å². The Morgan fingerprint density at radius 3 is 2.49 bits per heavy atom. The maximum absolute atomic E-state index is 12.3. The zero-order valence-corrected chi connectivity index (χ0v) is 21.4. The van der Waals surface area contributed by atoms with Gasteiger partial charge < -0.3 is 25.2 Å². The Bertz CT molecular complexity index is 1030. The van der Waals surface area contributed by atoms with Crippen molar-refractivity contribution >= 4 is 29.5 Å². The third-order valence-electron chi connectivity index (χ3n) is 6.15. The Morgan fingerprint density at radius 1 is 1.29 bits per heavy atom. The molecule has 0 bridgehead atoms. The Hall–Kier alpha value is -1.89. The smallest absolute Gasteiger partial charge is 0.406 e. The molecule has 12 heteroatoms. The highest BCUT2D eigenvalue weighted by Crippen LogP contribution is 2.60. The van der Waals surface area contributed by atoms with E-state index in [1.54, 1.807) is 30.2 Å². The molecule has 0 amide bonds. The molecular weight excluding hydrogens is 501 g/mol. The van der Waals surface area contributed by atoms with Crippen molar-refractivity contribution in [2.75, 3.05) is 11.9 Å². The number of hydrogen-bond donors (Lipinski definition) is 3. The fourth-order valence-corrected chi connectivity index (χ4v) is 7.17. The molecule has 3 aliphatic rings. The van der Waals surface area contributed by atoms with Gasteiger partial charge >= 0.3 is 6.36 Å². The molecule has 0 saturated carbocycles. The number of fused-ring (bicyclic) bond motifs is 1. The second-order valence-electron chi connectivity index (χ2n) is 9.33. The predicted octanol–water partition coefficient (Wildman–Crippen LogP) is 4.76. The van der Waals surface area contributed by atoms with Crippen LogP contribution in [0.15, 0.2) is 47.0 Å². The Kier molecular flexibility index (Phi) is 7.38. The van der Waals surface area contributed by atoms with E-state index in [0.29, 0.717) is 24.3 Å². The molecule has 3 N–H and O–H groups in total.